The number of hydrogen-bond donors (Lipinski definition) is 2. The fourth-order valence-electron chi connectivity index (χ4n) is 3.03. The summed E-state index contributed by atoms with van der Waals surface area (Å²) in [5.41, 5.74) is 0.412. The number of carbonyl (C=O) groups excluding carboxylic acids is 2. The second kappa shape index (κ2) is 9.74. The number of benzene rings is 1. The van der Waals surface area contributed by atoms with Crippen LogP contribution in [0.15, 0.2) is 24.3 Å². The van der Waals surface area contributed by atoms with E-state index in [4.69, 9.17) is 0 Å². The van der Waals surface area contributed by atoms with Gasteiger partial charge in [0, 0.05) is 44.6 Å². The summed E-state index contributed by atoms with van der Waals surface area (Å²) < 4.78 is 0. The molecular weight excluding hydrogens is 336 g/mol. The van der Waals surface area contributed by atoms with Crippen molar-refractivity contribution in [3.8, 4) is 0 Å². The third-order valence-electron chi connectivity index (χ3n) is 4.52. The van der Waals surface area contributed by atoms with Crippen molar-refractivity contribution in [3.05, 3.63) is 34.4 Å². The molecule has 0 saturated carbocycles. The van der Waals surface area contributed by atoms with Gasteiger partial charge in [-0.1, -0.05) is 19.1 Å². The normalized spacial score (nSPS) is 14.7. The lowest BCUT2D eigenvalue weighted by molar-refractivity contribution is -0.384. The van der Waals surface area contributed by atoms with E-state index in [2.05, 4.69) is 10.6 Å². The number of likely N-dealkylation sites (tertiary alicyclic amines) is 1. The van der Waals surface area contributed by atoms with Gasteiger partial charge in [0.05, 0.1) is 4.92 Å². The van der Waals surface area contributed by atoms with Gasteiger partial charge >= 0.3 is 0 Å². The summed E-state index contributed by atoms with van der Waals surface area (Å²) in [6, 6.07) is 6.38. The molecule has 1 saturated heterocycles. The van der Waals surface area contributed by atoms with Crippen LogP contribution in [0.25, 0.3) is 0 Å². The van der Waals surface area contributed by atoms with Gasteiger partial charge in [0.15, 0.2) is 0 Å². The topological polar surface area (TPSA) is 105 Å². The van der Waals surface area contributed by atoms with Crippen LogP contribution in [0.3, 0.4) is 0 Å². The number of rotatable bonds is 8. The maximum absolute atomic E-state index is 12.3. The first-order chi connectivity index (χ1) is 12.5. The third-order valence-corrected chi connectivity index (χ3v) is 4.52. The quantitative estimate of drug-likeness (QED) is 0.545. The smallest absolute Gasteiger partial charge is 0.292 e. The Balaban J connectivity index is 1.74. The molecule has 2 amide bonds. The predicted octanol–water partition coefficient (Wildman–Crippen LogP) is 2.16. The van der Waals surface area contributed by atoms with E-state index in [0.717, 1.165) is 6.42 Å². The first-order valence-corrected chi connectivity index (χ1v) is 9.05. The molecule has 26 heavy (non-hydrogen) atoms. The average molecular weight is 362 g/mol. The van der Waals surface area contributed by atoms with Crippen molar-refractivity contribution in [3.63, 3.8) is 0 Å². The maximum Gasteiger partial charge on any atom is 0.292 e. The Bertz CT molecular complexity index is 642. The molecule has 2 N–H and O–H groups in total. The molecule has 0 unspecified atom stereocenters. The van der Waals surface area contributed by atoms with Crippen molar-refractivity contribution in [2.24, 2.45) is 5.92 Å². The van der Waals surface area contributed by atoms with Gasteiger partial charge in [-0.2, -0.15) is 0 Å². The van der Waals surface area contributed by atoms with Crippen LogP contribution in [0.5, 0.6) is 0 Å². The van der Waals surface area contributed by atoms with E-state index in [0.29, 0.717) is 44.7 Å². The number of nitro benzene ring substituents is 1. The average Bonchev–Trinajstić information content (AvgIpc) is 2.66. The van der Waals surface area contributed by atoms with Gasteiger partial charge in [-0.15, -0.1) is 0 Å². The summed E-state index contributed by atoms with van der Waals surface area (Å²) in [7, 11) is 0. The lowest BCUT2D eigenvalue weighted by atomic mass is 9.95. The van der Waals surface area contributed by atoms with E-state index >= 15 is 0 Å². The zero-order valence-corrected chi connectivity index (χ0v) is 15.1. The fraction of sp³-hybridized carbons (Fsp3) is 0.556. The van der Waals surface area contributed by atoms with E-state index in [1.165, 1.54) is 6.07 Å². The highest BCUT2D eigenvalue weighted by Crippen LogP contribution is 2.23. The highest BCUT2D eigenvalue weighted by Gasteiger charge is 2.26. The predicted molar refractivity (Wildman–Crippen MR) is 98.8 cm³/mol. The van der Waals surface area contributed by atoms with Crippen molar-refractivity contribution >= 4 is 23.2 Å². The van der Waals surface area contributed by atoms with Crippen LogP contribution in [0.1, 0.15) is 32.6 Å². The van der Waals surface area contributed by atoms with Crippen LogP contribution in [0.4, 0.5) is 11.4 Å². The summed E-state index contributed by atoms with van der Waals surface area (Å²) in [6.07, 6.45) is 2.53. The fourth-order valence-corrected chi connectivity index (χ4v) is 3.03. The number of hydrogen-bond acceptors (Lipinski definition) is 5. The molecular formula is C18H26N4O4. The molecule has 0 radical (unpaired) electrons. The Hall–Kier alpha value is -2.64. The summed E-state index contributed by atoms with van der Waals surface area (Å²) in [4.78, 5) is 36.6. The zero-order valence-electron chi connectivity index (χ0n) is 15.1. The summed E-state index contributed by atoms with van der Waals surface area (Å²) in [6.45, 7) is 4.19. The van der Waals surface area contributed by atoms with Crippen molar-refractivity contribution in [2.45, 2.75) is 32.6 Å². The molecule has 2 rings (SSSR count). The second-order valence-electron chi connectivity index (χ2n) is 6.40. The van der Waals surface area contributed by atoms with Gasteiger partial charge in [-0.05, 0) is 25.3 Å². The highest BCUT2D eigenvalue weighted by molar-refractivity contribution is 5.80. The molecule has 8 nitrogen and oxygen atoms in total. The first kappa shape index (κ1) is 19.7. The second-order valence-corrected chi connectivity index (χ2v) is 6.40. The van der Waals surface area contributed by atoms with Crippen LogP contribution < -0.4 is 10.6 Å². The number of amides is 2. The van der Waals surface area contributed by atoms with Crippen LogP contribution in [-0.2, 0) is 9.59 Å². The molecule has 0 spiro atoms. The molecule has 142 valence electrons. The van der Waals surface area contributed by atoms with Gasteiger partial charge < -0.3 is 15.5 Å². The first-order valence-electron chi connectivity index (χ1n) is 9.05. The largest absolute Gasteiger partial charge is 0.379 e. The summed E-state index contributed by atoms with van der Waals surface area (Å²) >= 11 is 0. The Kier molecular flexibility index (Phi) is 7.37. The van der Waals surface area contributed by atoms with Gasteiger partial charge in [0.25, 0.3) is 5.69 Å². The number of carbonyl (C=O) groups is 2. The molecule has 1 heterocycles. The Morgan fingerprint density at radius 2 is 1.92 bits per heavy atom. The molecule has 8 heteroatoms. The van der Waals surface area contributed by atoms with Crippen molar-refractivity contribution in [2.75, 3.05) is 31.5 Å². The maximum atomic E-state index is 12.3. The minimum Gasteiger partial charge on any atom is -0.379 e. The number of anilines is 1. The van der Waals surface area contributed by atoms with Gasteiger partial charge in [-0.3, -0.25) is 19.7 Å². The molecule has 1 aliphatic heterocycles. The highest BCUT2D eigenvalue weighted by atomic mass is 16.6. The molecule has 1 aliphatic rings. The standard InChI is InChI=1S/C18H26N4O4/c1-2-10-20-18(24)14-8-12-21(13-9-14)17(23)7-11-19-15-5-3-4-6-16(15)22(25)26/h3-6,14,19H,2,7-13H2,1H3,(H,20,24). The molecule has 0 aliphatic carbocycles. The molecule has 1 fully saturated rings. The van der Waals surface area contributed by atoms with Crippen LogP contribution in [0, 0.1) is 16.0 Å². The Morgan fingerprint density at radius 3 is 2.58 bits per heavy atom. The monoisotopic (exact) mass is 362 g/mol. The number of para-hydroxylation sites is 2. The van der Waals surface area contributed by atoms with Crippen LogP contribution >= 0.6 is 0 Å². The molecule has 0 aromatic heterocycles. The van der Waals surface area contributed by atoms with Crippen LogP contribution in [-0.4, -0.2) is 47.8 Å². The number of nitrogens with zero attached hydrogens (tertiary/aromatic N) is 2. The SMILES string of the molecule is CCCNC(=O)C1CCN(C(=O)CCNc2ccccc2[N+](=O)[O-])CC1. The van der Waals surface area contributed by atoms with E-state index in [9.17, 15) is 19.7 Å². The van der Waals surface area contributed by atoms with E-state index in [1.807, 2.05) is 6.92 Å². The Labute approximate surface area is 153 Å². The van der Waals surface area contributed by atoms with E-state index in [1.54, 1.807) is 23.1 Å². The lowest BCUT2D eigenvalue weighted by Crippen LogP contribution is -2.43. The van der Waals surface area contributed by atoms with E-state index in [-0.39, 0.29) is 29.8 Å². The van der Waals surface area contributed by atoms with Crippen molar-refractivity contribution in [1.82, 2.24) is 10.2 Å². The molecule has 1 aromatic carbocycles. The Morgan fingerprint density at radius 1 is 1.23 bits per heavy atom. The van der Waals surface area contributed by atoms with Crippen molar-refractivity contribution < 1.29 is 14.5 Å². The molecule has 0 atom stereocenters. The molecule has 0 bridgehead atoms. The van der Waals surface area contributed by atoms with Gasteiger partial charge in [0.2, 0.25) is 11.8 Å². The zero-order chi connectivity index (χ0) is 18.9. The minimum absolute atomic E-state index is 0.00106. The molecule has 1 aromatic rings. The van der Waals surface area contributed by atoms with Gasteiger partial charge in [-0.25, -0.2) is 0 Å². The van der Waals surface area contributed by atoms with Gasteiger partial charge in [0.1, 0.15) is 5.69 Å². The number of piperidine rings is 1. The minimum atomic E-state index is -0.446. The summed E-state index contributed by atoms with van der Waals surface area (Å²) in [5.74, 6) is 0.0659. The lowest BCUT2D eigenvalue weighted by Gasteiger charge is -2.31. The van der Waals surface area contributed by atoms with E-state index < -0.39 is 4.92 Å². The third kappa shape index (κ3) is 5.44. The number of nitro groups is 1. The van der Waals surface area contributed by atoms with Crippen molar-refractivity contribution in [1.29, 1.82) is 0 Å². The van der Waals surface area contributed by atoms with Crippen LogP contribution in [0.2, 0.25) is 0 Å². The number of nitrogens with one attached hydrogen (secondary N) is 2. The summed E-state index contributed by atoms with van der Waals surface area (Å²) in [5, 5.41) is 16.8.